The molecule has 0 fully saturated rings. The number of fused-ring (bicyclic) bond motifs is 1. The summed E-state index contributed by atoms with van der Waals surface area (Å²) in [5.41, 5.74) is 1.37. The fourth-order valence-electron chi connectivity index (χ4n) is 2.28. The number of rotatable bonds is 4. The number of hydrogen-bond acceptors (Lipinski definition) is 4. The summed E-state index contributed by atoms with van der Waals surface area (Å²) in [7, 11) is 0. The van der Waals surface area contributed by atoms with E-state index in [1.165, 1.54) is 12.1 Å². The second-order valence-corrected chi connectivity index (χ2v) is 5.05. The van der Waals surface area contributed by atoms with E-state index in [-0.39, 0.29) is 18.0 Å². The molecule has 1 aliphatic heterocycles. The molecule has 0 radical (unpaired) electrons. The van der Waals surface area contributed by atoms with E-state index in [1.807, 2.05) is 0 Å². The molecule has 2 aromatic rings. The largest absolute Gasteiger partial charge is 0.486 e. The number of carbonyl (C=O) groups excluding carboxylic acids is 1. The zero-order valence-corrected chi connectivity index (χ0v) is 12.2. The average Bonchev–Trinajstić information content (AvgIpc) is 2.59. The van der Waals surface area contributed by atoms with Gasteiger partial charge in [0, 0.05) is 12.1 Å². The molecule has 0 unspecified atom stereocenters. The van der Waals surface area contributed by atoms with Crippen molar-refractivity contribution in [1.29, 1.82) is 0 Å². The highest BCUT2D eigenvalue weighted by Crippen LogP contribution is 2.30. The first-order valence-corrected chi connectivity index (χ1v) is 7.13. The SMILES string of the molecule is O=C(O)c1cccc(CNC(=O)c2ccc3c(c2)OCCO3)c1. The minimum absolute atomic E-state index is 0.191. The highest BCUT2D eigenvalue weighted by atomic mass is 16.6. The Balaban J connectivity index is 1.67. The van der Waals surface area contributed by atoms with E-state index < -0.39 is 5.97 Å². The lowest BCUT2D eigenvalue weighted by Crippen LogP contribution is -2.23. The average molecular weight is 313 g/mol. The molecule has 1 amide bonds. The molecule has 6 heteroatoms. The van der Waals surface area contributed by atoms with Gasteiger partial charge in [0.05, 0.1) is 5.56 Å². The monoisotopic (exact) mass is 313 g/mol. The van der Waals surface area contributed by atoms with Crippen LogP contribution in [0.1, 0.15) is 26.3 Å². The van der Waals surface area contributed by atoms with Crippen LogP contribution in [0.15, 0.2) is 42.5 Å². The van der Waals surface area contributed by atoms with E-state index >= 15 is 0 Å². The number of carboxylic acid groups (broad SMARTS) is 1. The molecule has 23 heavy (non-hydrogen) atoms. The lowest BCUT2D eigenvalue weighted by atomic mass is 10.1. The smallest absolute Gasteiger partial charge is 0.335 e. The third kappa shape index (κ3) is 3.42. The van der Waals surface area contributed by atoms with Gasteiger partial charge in [-0.2, -0.15) is 0 Å². The Morgan fingerprint density at radius 3 is 2.57 bits per heavy atom. The normalized spacial score (nSPS) is 12.5. The van der Waals surface area contributed by atoms with E-state index in [0.717, 1.165) is 5.56 Å². The molecule has 6 nitrogen and oxygen atoms in total. The Labute approximate surface area is 132 Å². The summed E-state index contributed by atoms with van der Waals surface area (Å²) in [6, 6.07) is 11.5. The Hall–Kier alpha value is -3.02. The molecule has 1 heterocycles. The zero-order valence-electron chi connectivity index (χ0n) is 12.2. The van der Waals surface area contributed by atoms with Crippen molar-refractivity contribution in [2.24, 2.45) is 0 Å². The number of carbonyl (C=O) groups is 2. The summed E-state index contributed by atoms with van der Waals surface area (Å²) in [6.07, 6.45) is 0. The topological polar surface area (TPSA) is 84.9 Å². The van der Waals surface area contributed by atoms with E-state index in [1.54, 1.807) is 30.3 Å². The molecule has 0 aliphatic carbocycles. The first-order chi connectivity index (χ1) is 11.1. The highest BCUT2D eigenvalue weighted by molar-refractivity contribution is 5.95. The maximum atomic E-state index is 12.2. The van der Waals surface area contributed by atoms with Gasteiger partial charge in [-0.15, -0.1) is 0 Å². The minimum atomic E-state index is -0.995. The minimum Gasteiger partial charge on any atom is -0.486 e. The van der Waals surface area contributed by atoms with Crippen LogP contribution in [-0.4, -0.2) is 30.2 Å². The van der Waals surface area contributed by atoms with Crippen LogP contribution in [0.3, 0.4) is 0 Å². The molecule has 0 bridgehead atoms. The molecular weight excluding hydrogens is 298 g/mol. The standard InChI is InChI=1S/C17H15NO5/c19-16(12-4-5-14-15(9-12)23-7-6-22-14)18-10-11-2-1-3-13(8-11)17(20)21/h1-5,8-9H,6-7,10H2,(H,18,19)(H,20,21). The van der Waals surface area contributed by atoms with Crippen LogP contribution in [0, 0.1) is 0 Å². The van der Waals surface area contributed by atoms with Gasteiger partial charge in [-0.25, -0.2) is 4.79 Å². The Morgan fingerprint density at radius 2 is 1.78 bits per heavy atom. The van der Waals surface area contributed by atoms with E-state index in [2.05, 4.69) is 5.32 Å². The van der Waals surface area contributed by atoms with Crippen LogP contribution < -0.4 is 14.8 Å². The molecular formula is C17H15NO5. The first-order valence-electron chi connectivity index (χ1n) is 7.13. The van der Waals surface area contributed by atoms with Crippen molar-refractivity contribution < 1.29 is 24.2 Å². The van der Waals surface area contributed by atoms with E-state index in [4.69, 9.17) is 14.6 Å². The third-order valence-corrected chi connectivity index (χ3v) is 3.43. The van der Waals surface area contributed by atoms with Crippen molar-refractivity contribution >= 4 is 11.9 Å². The quantitative estimate of drug-likeness (QED) is 0.903. The van der Waals surface area contributed by atoms with Crippen molar-refractivity contribution in [2.45, 2.75) is 6.54 Å². The Bertz CT molecular complexity index is 756. The van der Waals surface area contributed by atoms with Gasteiger partial charge in [0.15, 0.2) is 11.5 Å². The van der Waals surface area contributed by atoms with Gasteiger partial charge >= 0.3 is 5.97 Å². The van der Waals surface area contributed by atoms with Gasteiger partial charge < -0.3 is 19.9 Å². The van der Waals surface area contributed by atoms with Crippen molar-refractivity contribution in [1.82, 2.24) is 5.32 Å². The van der Waals surface area contributed by atoms with Crippen molar-refractivity contribution in [2.75, 3.05) is 13.2 Å². The molecule has 2 N–H and O–H groups in total. The molecule has 2 aromatic carbocycles. The number of ether oxygens (including phenoxy) is 2. The maximum Gasteiger partial charge on any atom is 0.335 e. The predicted octanol–water partition coefficient (Wildman–Crippen LogP) is 2.09. The second-order valence-electron chi connectivity index (χ2n) is 5.05. The van der Waals surface area contributed by atoms with Crippen LogP contribution in [0.4, 0.5) is 0 Å². The predicted molar refractivity (Wildman–Crippen MR) is 82.0 cm³/mol. The highest BCUT2D eigenvalue weighted by Gasteiger charge is 2.15. The van der Waals surface area contributed by atoms with Gasteiger partial charge in [0.1, 0.15) is 13.2 Å². The van der Waals surface area contributed by atoms with Crippen molar-refractivity contribution in [3.63, 3.8) is 0 Å². The van der Waals surface area contributed by atoms with Crippen LogP contribution in [-0.2, 0) is 6.54 Å². The zero-order chi connectivity index (χ0) is 16.2. The lowest BCUT2D eigenvalue weighted by molar-refractivity contribution is 0.0696. The number of amides is 1. The molecule has 0 atom stereocenters. The number of aromatic carboxylic acids is 1. The summed E-state index contributed by atoms with van der Waals surface area (Å²) in [5.74, 6) is -0.0774. The molecule has 3 rings (SSSR count). The van der Waals surface area contributed by atoms with Gasteiger partial charge in [-0.3, -0.25) is 4.79 Å². The molecule has 0 saturated carbocycles. The molecule has 118 valence electrons. The molecule has 0 spiro atoms. The molecule has 0 aromatic heterocycles. The summed E-state index contributed by atoms with van der Waals surface area (Å²) in [6.45, 7) is 1.20. The van der Waals surface area contributed by atoms with Gasteiger partial charge in [0.25, 0.3) is 5.91 Å². The number of hydrogen-bond donors (Lipinski definition) is 2. The Morgan fingerprint density at radius 1 is 1.00 bits per heavy atom. The summed E-state index contributed by atoms with van der Waals surface area (Å²) < 4.78 is 10.9. The van der Waals surface area contributed by atoms with Crippen LogP contribution in [0.25, 0.3) is 0 Å². The van der Waals surface area contributed by atoms with Gasteiger partial charge in [-0.1, -0.05) is 12.1 Å². The lowest BCUT2D eigenvalue weighted by Gasteiger charge is -2.18. The Kier molecular flexibility index (Phi) is 4.14. The van der Waals surface area contributed by atoms with E-state index in [0.29, 0.717) is 30.3 Å². The summed E-state index contributed by atoms with van der Waals surface area (Å²) in [5, 5.41) is 11.7. The van der Waals surface area contributed by atoms with Gasteiger partial charge in [0.2, 0.25) is 0 Å². The number of benzene rings is 2. The maximum absolute atomic E-state index is 12.2. The third-order valence-electron chi connectivity index (χ3n) is 3.43. The van der Waals surface area contributed by atoms with Crippen LogP contribution >= 0.6 is 0 Å². The van der Waals surface area contributed by atoms with Gasteiger partial charge in [-0.05, 0) is 35.9 Å². The van der Waals surface area contributed by atoms with E-state index in [9.17, 15) is 9.59 Å². The van der Waals surface area contributed by atoms with Crippen LogP contribution in [0.5, 0.6) is 11.5 Å². The summed E-state index contributed by atoms with van der Waals surface area (Å²) >= 11 is 0. The fraction of sp³-hybridized carbons (Fsp3) is 0.176. The molecule has 1 aliphatic rings. The van der Waals surface area contributed by atoms with Crippen molar-refractivity contribution in [3.8, 4) is 11.5 Å². The first kappa shape index (κ1) is 14.9. The number of carboxylic acids is 1. The number of nitrogens with one attached hydrogen (secondary N) is 1. The van der Waals surface area contributed by atoms with Crippen LogP contribution in [0.2, 0.25) is 0 Å². The molecule has 0 saturated heterocycles. The second kappa shape index (κ2) is 6.39. The van der Waals surface area contributed by atoms with Crippen molar-refractivity contribution in [3.05, 3.63) is 59.2 Å². The fourth-order valence-corrected chi connectivity index (χ4v) is 2.28. The summed E-state index contributed by atoms with van der Waals surface area (Å²) in [4.78, 5) is 23.1.